The maximum Gasteiger partial charge on any atom is 0.326 e. The third kappa shape index (κ3) is 9.68. The van der Waals surface area contributed by atoms with Gasteiger partial charge in [-0.05, 0) is 49.5 Å². The van der Waals surface area contributed by atoms with E-state index < -0.39 is 54.0 Å². The molecule has 9 N–H and O–H groups in total. The number of carboxylic acid groups (broad SMARTS) is 1. The fraction of sp³-hybridized carbons (Fsp3) is 0.458. The molecule has 1 heterocycles. The van der Waals surface area contributed by atoms with Gasteiger partial charge in [0.2, 0.25) is 17.7 Å². The molecule has 0 bridgehead atoms. The Morgan fingerprint density at radius 1 is 1.03 bits per heavy atom. The molecule has 5 unspecified atom stereocenters. The van der Waals surface area contributed by atoms with Gasteiger partial charge in [0.15, 0.2) is 0 Å². The molecule has 2 rings (SSSR count). The van der Waals surface area contributed by atoms with Crippen molar-refractivity contribution >= 4 is 35.5 Å². The molecule has 0 radical (unpaired) electrons. The molecule has 38 heavy (non-hydrogen) atoms. The van der Waals surface area contributed by atoms with E-state index in [4.69, 9.17) is 5.73 Å². The number of aliphatic hydroxyl groups excluding tert-OH is 1. The summed E-state index contributed by atoms with van der Waals surface area (Å²) in [5.74, 6) is -2.96. The first-order valence-corrected chi connectivity index (χ1v) is 13.2. The zero-order chi connectivity index (χ0) is 28.2. The molecule has 14 heteroatoms. The summed E-state index contributed by atoms with van der Waals surface area (Å²) in [7, 11) is 0. The first kappa shape index (κ1) is 30.6. The largest absolute Gasteiger partial charge is 0.508 e. The second kappa shape index (κ2) is 15.0. The lowest BCUT2D eigenvalue weighted by Gasteiger charge is -2.26. The average Bonchev–Trinajstić information content (AvgIpc) is 3.38. The second-order valence-electron chi connectivity index (χ2n) is 8.73. The number of phenolic OH excluding ortho intramolecular Hbond substituents is 1. The maximum absolute atomic E-state index is 13.1. The van der Waals surface area contributed by atoms with Gasteiger partial charge >= 0.3 is 5.97 Å². The van der Waals surface area contributed by atoms with Gasteiger partial charge in [0, 0.05) is 18.3 Å². The number of hydrogen-bond donors (Lipinski definition) is 8. The smallest absolute Gasteiger partial charge is 0.326 e. The Kier molecular flexibility index (Phi) is 12.0. The molecule has 3 amide bonds. The van der Waals surface area contributed by atoms with E-state index in [0.717, 1.165) is 0 Å². The van der Waals surface area contributed by atoms with Crippen molar-refractivity contribution in [3.8, 4) is 5.75 Å². The molecule has 0 aliphatic rings. The molecule has 2 aromatic rings. The Morgan fingerprint density at radius 3 is 2.24 bits per heavy atom. The van der Waals surface area contributed by atoms with Crippen molar-refractivity contribution in [1.29, 1.82) is 0 Å². The molecule has 0 saturated heterocycles. The number of aliphatic hydroxyl groups is 1. The summed E-state index contributed by atoms with van der Waals surface area (Å²) >= 11 is 1.44. The highest BCUT2D eigenvalue weighted by molar-refractivity contribution is 7.98. The zero-order valence-electron chi connectivity index (χ0n) is 21.1. The molecule has 0 aliphatic heterocycles. The standard InChI is InChI=1S/C24H34N6O7S/c1-13(31)20(23(35)29-19(24(36)37)10-15-11-26-12-27-15)30-22(34)18(7-8-38-2)28-21(33)17(25)9-14-3-5-16(32)6-4-14/h3-6,11-13,17-20,31-32H,7-10,25H2,1-2H3,(H,26,27)(H,28,33)(H,29,35)(H,30,34)(H,36,37). The molecule has 208 valence electrons. The minimum atomic E-state index is -1.48. The van der Waals surface area contributed by atoms with E-state index in [2.05, 4.69) is 25.9 Å². The van der Waals surface area contributed by atoms with Crippen LogP contribution in [-0.4, -0.2) is 91.3 Å². The van der Waals surface area contributed by atoms with Crippen LogP contribution in [0, 0.1) is 0 Å². The SMILES string of the molecule is CSCCC(NC(=O)C(N)Cc1ccc(O)cc1)C(=O)NC(C(=O)NC(Cc1cnc[nH]1)C(=O)O)C(C)O. The maximum atomic E-state index is 13.1. The summed E-state index contributed by atoms with van der Waals surface area (Å²) in [6, 6.07) is 1.33. The number of aliphatic carboxylic acids is 1. The van der Waals surface area contributed by atoms with E-state index in [-0.39, 0.29) is 25.0 Å². The van der Waals surface area contributed by atoms with Crippen LogP contribution in [0.1, 0.15) is 24.6 Å². The summed E-state index contributed by atoms with van der Waals surface area (Å²) in [4.78, 5) is 56.9. The quantitative estimate of drug-likeness (QED) is 0.134. The molecule has 1 aromatic heterocycles. The van der Waals surface area contributed by atoms with Crippen molar-refractivity contribution in [2.24, 2.45) is 5.73 Å². The molecule has 0 spiro atoms. The first-order valence-electron chi connectivity index (χ1n) is 11.8. The van der Waals surface area contributed by atoms with E-state index >= 15 is 0 Å². The zero-order valence-corrected chi connectivity index (χ0v) is 21.9. The van der Waals surface area contributed by atoms with Crippen LogP contribution in [0.4, 0.5) is 0 Å². The van der Waals surface area contributed by atoms with Crippen molar-refractivity contribution < 1.29 is 34.5 Å². The van der Waals surface area contributed by atoms with Gasteiger partial charge in [-0.1, -0.05) is 12.1 Å². The van der Waals surface area contributed by atoms with Crippen LogP contribution in [0.25, 0.3) is 0 Å². The Balaban J connectivity index is 2.07. The number of carboxylic acids is 1. The first-order chi connectivity index (χ1) is 18.0. The summed E-state index contributed by atoms with van der Waals surface area (Å²) in [6.45, 7) is 1.28. The van der Waals surface area contributed by atoms with E-state index in [1.54, 1.807) is 12.1 Å². The van der Waals surface area contributed by atoms with Crippen molar-refractivity contribution in [2.45, 2.75) is 56.5 Å². The molecular weight excluding hydrogens is 516 g/mol. The van der Waals surface area contributed by atoms with Crippen molar-refractivity contribution in [3.05, 3.63) is 48.0 Å². The number of aromatic nitrogens is 2. The summed E-state index contributed by atoms with van der Waals surface area (Å²) in [5, 5.41) is 36.4. The van der Waals surface area contributed by atoms with Gasteiger partial charge in [-0.25, -0.2) is 9.78 Å². The minimum Gasteiger partial charge on any atom is -0.508 e. The van der Waals surface area contributed by atoms with Gasteiger partial charge < -0.3 is 42.0 Å². The summed E-state index contributed by atoms with van der Waals surface area (Å²) in [6.07, 6.45) is 3.54. The topological polar surface area (TPSA) is 220 Å². The molecule has 1 aromatic carbocycles. The number of thioether (sulfide) groups is 1. The van der Waals surface area contributed by atoms with Crippen molar-refractivity contribution in [1.82, 2.24) is 25.9 Å². The lowest BCUT2D eigenvalue weighted by molar-refractivity contribution is -0.143. The number of benzene rings is 1. The average molecular weight is 551 g/mol. The molecule has 13 nitrogen and oxygen atoms in total. The number of phenols is 1. The van der Waals surface area contributed by atoms with Crippen molar-refractivity contribution in [2.75, 3.05) is 12.0 Å². The third-order valence-corrected chi connectivity index (χ3v) is 6.27. The Labute approximate surface area is 224 Å². The van der Waals surface area contributed by atoms with Gasteiger partial charge in [-0.15, -0.1) is 0 Å². The molecule has 0 fully saturated rings. The molecule has 5 atom stereocenters. The number of aromatic amines is 1. The number of imidazole rings is 1. The van der Waals surface area contributed by atoms with Gasteiger partial charge in [0.25, 0.3) is 0 Å². The number of carbonyl (C=O) groups is 4. The second-order valence-corrected chi connectivity index (χ2v) is 9.71. The fourth-order valence-electron chi connectivity index (χ4n) is 3.50. The monoisotopic (exact) mass is 550 g/mol. The van der Waals surface area contributed by atoms with E-state index in [1.165, 1.54) is 43.3 Å². The van der Waals surface area contributed by atoms with Crippen molar-refractivity contribution in [3.63, 3.8) is 0 Å². The van der Waals surface area contributed by atoms with Crippen LogP contribution in [0.2, 0.25) is 0 Å². The number of amides is 3. The highest BCUT2D eigenvalue weighted by Crippen LogP contribution is 2.11. The van der Waals surface area contributed by atoms with Gasteiger partial charge in [-0.2, -0.15) is 11.8 Å². The van der Waals surface area contributed by atoms with E-state index in [9.17, 15) is 34.5 Å². The lowest BCUT2D eigenvalue weighted by Crippen LogP contribution is -2.60. The lowest BCUT2D eigenvalue weighted by atomic mass is 10.0. The normalized spacial score (nSPS) is 14.9. The molecular formula is C24H34N6O7S. The summed E-state index contributed by atoms with van der Waals surface area (Å²) < 4.78 is 0. The number of nitrogens with zero attached hydrogens (tertiary/aromatic N) is 1. The predicted octanol–water partition coefficient (Wildman–Crippen LogP) is -1.10. The highest BCUT2D eigenvalue weighted by Gasteiger charge is 2.32. The van der Waals surface area contributed by atoms with E-state index in [0.29, 0.717) is 17.0 Å². The number of hydrogen-bond acceptors (Lipinski definition) is 9. The fourth-order valence-corrected chi connectivity index (χ4v) is 3.97. The number of aromatic hydroxyl groups is 1. The predicted molar refractivity (Wildman–Crippen MR) is 140 cm³/mol. The van der Waals surface area contributed by atoms with Gasteiger partial charge in [0.1, 0.15) is 23.9 Å². The number of nitrogens with two attached hydrogens (primary N) is 1. The van der Waals surface area contributed by atoms with Crippen LogP contribution >= 0.6 is 11.8 Å². The molecule has 0 aliphatic carbocycles. The van der Waals surface area contributed by atoms with Crippen LogP contribution in [0.5, 0.6) is 5.75 Å². The highest BCUT2D eigenvalue weighted by atomic mass is 32.2. The van der Waals surface area contributed by atoms with Crippen LogP contribution in [0.3, 0.4) is 0 Å². The minimum absolute atomic E-state index is 0.0771. The summed E-state index contributed by atoms with van der Waals surface area (Å²) in [5.41, 5.74) is 7.21. The van der Waals surface area contributed by atoms with Crippen LogP contribution < -0.4 is 21.7 Å². The van der Waals surface area contributed by atoms with Crippen LogP contribution in [-0.2, 0) is 32.0 Å². The Hall–Kier alpha value is -3.62. The van der Waals surface area contributed by atoms with E-state index in [1.807, 2.05) is 6.26 Å². The Bertz CT molecular complexity index is 1060. The van der Waals surface area contributed by atoms with Gasteiger partial charge in [-0.3, -0.25) is 14.4 Å². The number of carbonyl (C=O) groups excluding carboxylic acids is 3. The Morgan fingerprint density at radius 2 is 1.68 bits per heavy atom. The molecule has 0 saturated carbocycles. The number of rotatable bonds is 15. The number of nitrogens with one attached hydrogen (secondary N) is 4. The van der Waals surface area contributed by atoms with Crippen LogP contribution in [0.15, 0.2) is 36.8 Å². The number of H-pyrrole nitrogens is 1. The van der Waals surface area contributed by atoms with Gasteiger partial charge in [0.05, 0.1) is 18.5 Å². The third-order valence-electron chi connectivity index (χ3n) is 5.63.